The van der Waals surface area contributed by atoms with Crippen molar-refractivity contribution in [3.05, 3.63) is 12.7 Å². The summed E-state index contributed by atoms with van der Waals surface area (Å²) in [6.45, 7) is 20.5. The second kappa shape index (κ2) is 9.57. The van der Waals surface area contributed by atoms with Crippen LogP contribution in [-0.4, -0.2) is 49.4 Å². The fraction of sp³-hybridized carbons (Fsp3) is 0.857. The van der Waals surface area contributed by atoms with Crippen LogP contribution in [0.3, 0.4) is 0 Å². The first kappa shape index (κ1) is 24.2. The van der Waals surface area contributed by atoms with Gasteiger partial charge in [0.1, 0.15) is 11.3 Å². The fourth-order valence-corrected chi connectivity index (χ4v) is 6.62. The Morgan fingerprint density at radius 1 is 1.30 bits per heavy atom. The van der Waals surface area contributed by atoms with Gasteiger partial charge in [-0.3, -0.25) is 4.90 Å². The number of hydrogen-bond acceptors (Lipinski definition) is 4. The van der Waals surface area contributed by atoms with Crippen molar-refractivity contribution in [3.8, 4) is 0 Å². The van der Waals surface area contributed by atoms with E-state index in [1.165, 1.54) is 0 Å². The van der Waals surface area contributed by atoms with E-state index in [-0.39, 0.29) is 18.2 Å². The molecule has 1 saturated heterocycles. The maximum Gasteiger partial charge on any atom is 0.412 e. The van der Waals surface area contributed by atoms with Gasteiger partial charge in [-0.1, -0.05) is 26.8 Å². The Bertz CT molecular complexity index is 489. The van der Waals surface area contributed by atoms with Crippen molar-refractivity contribution in [2.45, 2.75) is 110 Å². The van der Waals surface area contributed by atoms with Gasteiger partial charge in [-0.05, 0) is 65.6 Å². The summed E-state index contributed by atoms with van der Waals surface area (Å²) in [7, 11) is -1.82. The van der Waals surface area contributed by atoms with Crippen LogP contribution in [0.4, 0.5) is 4.79 Å². The van der Waals surface area contributed by atoms with Crippen molar-refractivity contribution in [1.29, 1.82) is 0 Å². The molecule has 2 atom stereocenters. The summed E-state index contributed by atoms with van der Waals surface area (Å²) in [5, 5.41) is 0. The van der Waals surface area contributed by atoms with E-state index < -0.39 is 19.6 Å². The Kier molecular flexibility index (Phi) is 8.57. The Balaban J connectivity index is 3.17. The van der Waals surface area contributed by atoms with Crippen molar-refractivity contribution in [3.63, 3.8) is 0 Å². The van der Waals surface area contributed by atoms with Gasteiger partial charge in [-0.2, -0.15) is 0 Å². The highest BCUT2D eigenvalue weighted by Crippen LogP contribution is 2.35. The fourth-order valence-electron chi connectivity index (χ4n) is 3.71. The van der Waals surface area contributed by atoms with E-state index in [9.17, 15) is 4.79 Å². The number of allylic oxidation sites excluding steroid dienone is 1. The Labute approximate surface area is 167 Å². The zero-order chi connectivity index (χ0) is 20.9. The minimum Gasteiger partial charge on any atom is -0.444 e. The highest BCUT2D eigenvalue weighted by atomic mass is 28.4. The van der Waals surface area contributed by atoms with Gasteiger partial charge in [0.25, 0.3) is 0 Å². The first-order valence-corrected chi connectivity index (χ1v) is 12.9. The van der Waals surface area contributed by atoms with Crippen molar-refractivity contribution in [2.75, 3.05) is 6.61 Å². The van der Waals surface area contributed by atoms with Gasteiger partial charge >= 0.3 is 6.09 Å². The minimum absolute atomic E-state index is 0.0659. The molecule has 0 radical (unpaired) electrons. The highest BCUT2D eigenvalue weighted by molar-refractivity contribution is 6.73. The van der Waals surface area contributed by atoms with Crippen molar-refractivity contribution in [1.82, 2.24) is 4.90 Å². The maximum atomic E-state index is 13.0. The van der Waals surface area contributed by atoms with Crippen LogP contribution in [0.5, 0.6) is 0 Å². The van der Waals surface area contributed by atoms with Gasteiger partial charge in [0.15, 0.2) is 8.32 Å². The van der Waals surface area contributed by atoms with Crippen LogP contribution in [0, 0.1) is 0 Å². The number of ether oxygens (including phenoxy) is 2. The molecule has 1 fully saturated rings. The third kappa shape index (κ3) is 6.33. The first-order chi connectivity index (χ1) is 12.4. The van der Waals surface area contributed by atoms with E-state index in [1.54, 1.807) is 4.90 Å². The van der Waals surface area contributed by atoms with Gasteiger partial charge in [0, 0.05) is 0 Å². The first-order valence-electron chi connectivity index (χ1n) is 10.4. The average Bonchev–Trinajstić information content (AvgIpc) is 2.89. The van der Waals surface area contributed by atoms with Crippen LogP contribution < -0.4 is 0 Å². The lowest BCUT2D eigenvalue weighted by Gasteiger charge is -2.41. The van der Waals surface area contributed by atoms with Crippen molar-refractivity contribution < 1.29 is 18.7 Å². The molecule has 0 unspecified atom stereocenters. The summed E-state index contributed by atoms with van der Waals surface area (Å²) < 4.78 is 18.5. The highest BCUT2D eigenvalue weighted by Gasteiger charge is 2.50. The standard InChI is InChI=1S/C21H41NO4Si/c1-10-14-15-18(26-27(11-2,12-3)13-4)17-16-24-21(8,9)22(17)19(23)25-20(5,6)7/h10,17-18H,1,11-16H2,2-9H3/t17-,18-/m0/s1. The minimum atomic E-state index is -1.82. The predicted octanol–water partition coefficient (Wildman–Crippen LogP) is 5.72. The van der Waals surface area contributed by atoms with Gasteiger partial charge < -0.3 is 13.9 Å². The van der Waals surface area contributed by atoms with Crippen LogP contribution in [0.15, 0.2) is 12.7 Å². The van der Waals surface area contributed by atoms with Crippen molar-refractivity contribution >= 4 is 14.4 Å². The maximum absolute atomic E-state index is 13.0. The Morgan fingerprint density at radius 2 is 1.85 bits per heavy atom. The second-order valence-corrected chi connectivity index (χ2v) is 13.7. The zero-order valence-electron chi connectivity index (χ0n) is 18.8. The second-order valence-electron chi connectivity index (χ2n) is 8.94. The largest absolute Gasteiger partial charge is 0.444 e. The van der Waals surface area contributed by atoms with Crippen LogP contribution >= 0.6 is 0 Å². The van der Waals surface area contributed by atoms with Crippen LogP contribution in [0.2, 0.25) is 18.1 Å². The molecule has 6 heteroatoms. The van der Waals surface area contributed by atoms with Gasteiger partial charge in [0.05, 0.1) is 18.8 Å². The summed E-state index contributed by atoms with van der Waals surface area (Å²) in [5.41, 5.74) is -1.26. The molecule has 0 N–H and O–H groups in total. The molecule has 1 aliphatic rings. The number of nitrogens with zero attached hydrogens (tertiary/aromatic N) is 1. The van der Waals surface area contributed by atoms with E-state index in [4.69, 9.17) is 13.9 Å². The van der Waals surface area contributed by atoms with E-state index in [0.717, 1.165) is 31.0 Å². The average molecular weight is 400 g/mol. The van der Waals surface area contributed by atoms with Crippen LogP contribution in [-0.2, 0) is 13.9 Å². The normalized spacial score (nSPS) is 21.2. The molecular weight excluding hydrogens is 358 g/mol. The third-order valence-corrected chi connectivity index (χ3v) is 10.2. The molecule has 158 valence electrons. The van der Waals surface area contributed by atoms with Gasteiger partial charge in [-0.25, -0.2) is 4.79 Å². The van der Waals surface area contributed by atoms with Gasteiger partial charge in [-0.15, -0.1) is 6.58 Å². The topological polar surface area (TPSA) is 48.0 Å². The number of carbonyl (C=O) groups excluding carboxylic acids is 1. The summed E-state index contributed by atoms with van der Waals surface area (Å²) in [6.07, 6.45) is 3.21. The van der Waals surface area contributed by atoms with Crippen LogP contribution in [0.25, 0.3) is 0 Å². The number of amides is 1. The third-order valence-electron chi connectivity index (χ3n) is 5.53. The molecule has 0 aromatic carbocycles. The van der Waals surface area contributed by atoms with E-state index >= 15 is 0 Å². The van der Waals surface area contributed by atoms with Gasteiger partial charge in [0.2, 0.25) is 0 Å². The molecule has 1 rings (SSSR count). The monoisotopic (exact) mass is 399 g/mol. The molecule has 0 aromatic heterocycles. The zero-order valence-corrected chi connectivity index (χ0v) is 19.8. The molecule has 1 amide bonds. The summed E-state index contributed by atoms with van der Waals surface area (Å²) in [6, 6.07) is 3.09. The smallest absolute Gasteiger partial charge is 0.412 e. The molecule has 0 aromatic rings. The number of rotatable bonds is 9. The molecule has 0 aliphatic carbocycles. The Morgan fingerprint density at radius 3 is 2.30 bits per heavy atom. The molecule has 0 spiro atoms. The molecule has 0 bridgehead atoms. The van der Waals surface area contributed by atoms with Crippen molar-refractivity contribution in [2.24, 2.45) is 0 Å². The summed E-state index contributed by atoms with van der Waals surface area (Å²) >= 11 is 0. The van der Waals surface area contributed by atoms with E-state index in [2.05, 4.69) is 27.4 Å². The lowest BCUT2D eigenvalue weighted by atomic mass is 10.0. The molecular formula is C21H41NO4Si. The number of carbonyl (C=O) groups is 1. The molecule has 1 aliphatic heterocycles. The van der Waals surface area contributed by atoms with E-state index in [0.29, 0.717) is 6.61 Å². The SMILES string of the molecule is C=CCC[C@H](O[Si](CC)(CC)CC)[C@@H]1COC(C)(C)N1C(=O)OC(C)(C)C. The lowest BCUT2D eigenvalue weighted by molar-refractivity contribution is -0.0673. The molecule has 5 nitrogen and oxygen atoms in total. The molecule has 27 heavy (non-hydrogen) atoms. The number of hydrogen-bond donors (Lipinski definition) is 0. The summed E-state index contributed by atoms with van der Waals surface area (Å²) in [5.74, 6) is 0. The van der Waals surface area contributed by atoms with E-state index in [1.807, 2.05) is 40.7 Å². The predicted molar refractivity (Wildman–Crippen MR) is 113 cm³/mol. The molecule has 0 saturated carbocycles. The Hall–Kier alpha value is -0.853. The molecule has 1 heterocycles. The quantitative estimate of drug-likeness (QED) is 0.368. The lowest BCUT2D eigenvalue weighted by Crippen LogP contribution is -2.55. The van der Waals surface area contributed by atoms with Crippen LogP contribution in [0.1, 0.15) is 68.2 Å². The summed E-state index contributed by atoms with van der Waals surface area (Å²) in [4.78, 5) is 14.8.